The minimum Gasteiger partial charge on any atom is -0.338 e. The minimum absolute atomic E-state index is 0.169. The zero-order valence-electron chi connectivity index (χ0n) is 7.83. The van der Waals surface area contributed by atoms with Crippen LogP contribution in [0.4, 0.5) is 5.82 Å². The molecule has 2 aromatic rings. The van der Waals surface area contributed by atoms with Gasteiger partial charge in [0, 0.05) is 6.92 Å². The summed E-state index contributed by atoms with van der Waals surface area (Å²) < 4.78 is 0. The van der Waals surface area contributed by atoms with Crippen molar-refractivity contribution in [1.82, 2.24) is 19.9 Å². The summed E-state index contributed by atoms with van der Waals surface area (Å²) in [6.07, 6.45) is 1.37. The van der Waals surface area contributed by atoms with Crippen LogP contribution in [0.5, 0.6) is 0 Å². The maximum atomic E-state index is 10.9. The van der Waals surface area contributed by atoms with Crippen LogP contribution in [0.2, 0.25) is 0 Å². The van der Waals surface area contributed by atoms with Gasteiger partial charge in [-0.1, -0.05) is 0 Å². The van der Waals surface area contributed by atoms with Crippen molar-refractivity contribution in [2.24, 2.45) is 0 Å². The Morgan fingerprint density at radius 3 is 3.00 bits per heavy atom. The van der Waals surface area contributed by atoms with Gasteiger partial charge in [0.25, 0.3) is 0 Å². The summed E-state index contributed by atoms with van der Waals surface area (Å²) in [5, 5.41) is 2.60. The Bertz CT molecular complexity index is 489. The van der Waals surface area contributed by atoms with Crippen molar-refractivity contribution in [3.63, 3.8) is 0 Å². The highest BCUT2D eigenvalue weighted by Gasteiger charge is 2.07. The van der Waals surface area contributed by atoms with E-state index in [1.165, 1.54) is 13.3 Å². The quantitative estimate of drug-likeness (QED) is 0.692. The van der Waals surface area contributed by atoms with Gasteiger partial charge in [-0.2, -0.15) is 0 Å². The van der Waals surface area contributed by atoms with E-state index >= 15 is 0 Å². The largest absolute Gasteiger partial charge is 0.338 e. The number of nitrogens with one attached hydrogen (secondary N) is 2. The van der Waals surface area contributed by atoms with Gasteiger partial charge in [-0.15, -0.1) is 0 Å². The summed E-state index contributed by atoms with van der Waals surface area (Å²) in [4.78, 5) is 25.9. The highest BCUT2D eigenvalue weighted by atomic mass is 16.1. The standard InChI is InChI=1S/C8H9N5O/c1-4-11-6-7(12-4)9-3-10-8(6)13-5(2)14/h3H,1-2H3,(H2,9,10,11,12,13,14). The molecule has 2 N–H and O–H groups in total. The first-order valence-corrected chi connectivity index (χ1v) is 4.11. The van der Waals surface area contributed by atoms with Crippen LogP contribution >= 0.6 is 0 Å². The number of carbonyl (C=O) groups excluding carboxylic acids is 1. The summed E-state index contributed by atoms with van der Waals surface area (Å²) >= 11 is 0. The number of hydrogen-bond donors (Lipinski definition) is 2. The number of nitrogens with zero attached hydrogens (tertiary/aromatic N) is 3. The van der Waals surface area contributed by atoms with Gasteiger partial charge in [0.2, 0.25) is 5.91 Å². The van der Waals surface area contributed by atoms with Crippen LogP contribution < -0.4 is 5.32 Å². The van der Waals surface area contributed by atoms with Crippen LogP contribution in [0.3, 0.4) is 0 Å². The van der Waals surface area contributed by atoms with E-state index in [2.05, 4.69) is 25.3 Å². The number of amides is 1. The highest BCUT2D eigenvalue weighted by molar-refractivity contribution is 5.95. The molecule has 2 heterocycles. The summed E-state index contributed by atoms with van der Waals surface area (Å²) in [6, 6.07) is 0. The van der Waals surface area contributed by atoms with Crippen molar-refractivity contribution in [1.29, 1.82) is 0 Å². The van der Waals surface area contributed by atoms with Gasteiger partial charge in [-0.3, -0.25) is 4.79 Å². The summed E-state index contributed by atoms with van der Waals surface area (Å²) in [7, 11) is 0. The first-order chi connectivity index (χ1) is 6.66. The fourth-order valence-corrected chi connectivity index (χ4v) is 1.21. The molecule has 14 heavy (non-hydrogen) atoms. The molecule has 6 nitrogen and oxygen atoms in total. The van der Waals surface area contributed by atoms with Crippen LogP contribution in [0, 0.1) is 6.92 Å². The smallest absolute Gasteiger partial charge is 0.222 e. The molecule has 72 valence electrons. The highest BCUT2D eigenvalue weighted by Crippen LogP contribution is 2.15. The first kappa shape index (κ1) is 8.61. The Morgan fingerprint density at radius 2 is 2.29 bits per heavy atom. The number of rotatable bonds is 1. The van der Waals surface area contributed by atoms with Crippen molar-refractivity contribution in [3.05, 3.63) is 12.2 Å². The Hall–Kier alpha value is -1.98. The predicted octanol–water partition coefficient (Wildman–Crippen LogP) is 0.620. The van der Waals surface area contributed by atoms with Crippen LogP contribution in [0.1, 0.15) is 12.7 Å². The molecule has 0 saturated heterocycles. The Balaban J connectivity index is 2.58. The zero-order valence-corrected chi connectivity index (χ0v) is 7.83. The van der Waals surface area contributed by atoms with Gasteiger partial charge in [-0.25, -0.2) is 15.0 Å². The maximum Gasteiger partial charge on any atom is 0.222 e. The molecule has 6 heteroatoms. The second-order valence-electron chi connectivity index (χ2n) is 2.92. The lowest BCUT2D eigenvalue weighted by Gasteiger charge is -1.99. The second-order valence-corrected chi connectivity index (χ2v) is 2.92. The molecular formula is C8H9N5O. The molecule has 0 unspecified atom stereocenters. The fraction of sp³-hybridized carbons (Fsp3) is 0.250. The number of anilines is 1. The van der Waals surface area contributed by atoms with Gasteiger partial charge in [-0.05, 0) is 6.92 Å². The average Bonchev–Trinajstić information content (AvgIpc) is 2.45. The minimum atomic E-state index is -0.169. The summed E-state index contributed by atoms with van der Waals surface area (Å²) in [5.74, 6) is 1.03. The molecule has 0 aliphatic rings. The lowest BCUT2D eigenvalue weighted by Crippen LogP contribution is -2.08. The van der Waals surface area contributed by atoms with Crippen molar-refractivity contribution in [2.45, 2.75) is 13.8 Å². The Labute approximate surface area is 79.8 Å². The first-order valence-electron chi connectivity index (χ1n) is 4.11. The number of aryl methyl sites for hydroxylation is 1. The zero-order chi connectivity index (χ0) is 10.1. The monoisotopic (exact) mass is 191 g/mol. The number of fused-ring (bicyclic) bond motifs is 1. The number of aromatic nitrogens is 4. The van der Waals surface area contributed by atoms with Crippen molar-refractivity contribution >= 4 is 22.9 Å². The second kappa shape index (κ2) is 3.06. The molecule has 0 aromatic carbocycles. The normalized spacial score (nSPS) is 10.4. The molecule has 1 amide bonds. The molecule has 0 saturated carbocycles. The molecule has 0 aliphatic carbocycles. The van der Waals surface area contributed by atoms with Crippen molar-refractivity contribution in [2.75, 3.05) is 5.32 Å². The number of H-pyrrole nitrogens is 1. The molecule has 2 aromatic heterocycles. The Kier molecular flexibility index (Phi) is 1.88. The van der Waals surface area contributed by atoms with Gasteiger partial charge in [0.05, 0.1) is 0 Å². The van der Waals surface area contributed by atoms with E-state index in [4.69, 9.17) is 0 Å². The van der Waals surface area contributed by atoms with Crippen LogP contribution in [0.25, 0.3) is 11.2 Å². The van der Waals surface area contributed by atoms with E-state index in [9.17, 15) is 4.79 Å². The lowest BCUT2D eigenvalue weighted by molar-refractivity contribution is -0.114. The van der Waals surface area contributed by atoms with E-state index in [0.717, 1.165) is 5.82 Å². The number of imidazole rings is 1. The summed E-state index contributed by atoms with van der Waals surface area (Å²) in [5.41, 5.74) is 1.21. The van der Waals surface area contributed by atoms with E-state index in [1.54, 1.807) is 0 Å². The number of carbonyl (C=O) groups is 1. The predicted molar refractivity (Wildman–Crippen MR) is 50.7 cm³/mol. The average molecular weight is 191 g/mol. The van der Waals surface area contributed by atoms with Crippen LogP contribution in [0.15, 0.2) is 6.33 Å². The third kappa shape index (κ3) is 1.41. The van der Waals surface area contributed by atoms with Crippen molar-refractivity contribution < 1.29 is 4.79 Å². The molecular weight excluding hydrogens is 182 g/mol. The summed E-state index contributed by atoms with van der Waals surface area (Å²) in [6.45, 7) is 3.25. The van der Waals surface area contributed by atoms with Crippen molar-refractivity contribution in [3.8, 4) is 0 Å². The lowest BCUT2D eigenvalue weighted by atomic mass is 10.5. The molecule has 0 radical (unpaired) electrons. The van der Waals surface area contributed by atoms with E-state index < -0.39 is 0 Å². The third-order valence-corrected chi connectivity index (χ3v) is 1.70. The van der Waals surface area contributed by atoms with E-state index in [-0.39, 0.29) is 5.91 Å². The van der Waals surface area contributed by atoms with Crippen LogP contribution in [-0.2, 0) is 4.79 Å². The van der Waals surface area contributed by atoms with E-state index in [0.29, 0.717) is 17.0 Å². The van der Waals surface area contributed by atoms with Gasteiger partial charge in [0.15, 0.2) is 11.5 Å². The van der Waals surface area contributed by atoms with Gasteiger partial charge < -0.3 is 10.3 Å². The topological polar surface area (TPSA) is 83.6 Å². The Morgan fingerprint density at radius 1 is 1.50 bits per heavy atom. The third-order valence-electron chi connectivity index (χ3n) is 1.70. The number of hydrogen-bond acceptors (Lipinski definition) is 4. The molecule has 0 atom stereocenters. The molecule has 2 rings (SSSR count). The number of aromatic amines is 1. The molecule has 0 spiro atoms. The maximum absolute atomic E-state index is 10.9. The SMILES string of the molecule is CC(=O)Nc1ncnc2nc(C)[nH]c12. The van der Waals surface area contributed by atoms with Crippen LogP contribution in [-0.4, -0.2) is 25.8 Å². The van der Waals surface area contributed by atoms with Gasteiger partial charge in [0.1, 0.15) is 17.7 Å². The van der Waals surface area contributed by atoms with E-state index in [1.807, 2.05) is 6.92 Å². The molecule has 0 fully saturated rings. The molecule has 0 aliphatic heterocycles. The van der Waals surface area contributed by atoms with Gasteiger partial charge >= 0.3 is 0 Å². The molecule has 0 bridgehead atoms. The fourth-order valence-electron chi connectivity index (χ4n) is 1.21.